The maximum atomic E-state index is 11.7. The van der Waals surface area contributed by atoms with Gasteiger partial charge in [0, 0.05) is 6.04 Å². The minimum atomic E-state index is -0.227. The highest BCUT2D eigenvalue weighted by molar-refractivity contribution is 5.78. The van der Waals surface area contributed by atoms with Crippen LogP contribution < -0.4 is 5.73 Å². The molecule has 2 unspecified atom stereocenters. The smallest absolute Gasteiger partial charge is 0.249 e. The van der Waals surface area contributed by atoms with E-state index in [9.17, 15) is 4.79 Å². The molecule has 0 aromatic heterocycles. The lowest BCUT2D eigenvalue weighted by Crippen LogP contribution is -2.32. The highest BCUT2D eigenvalue weighted by Gasteiger charge is 2.50. The standard InChI is InChI=1S/C11H20N2O2/c1-8(12)5-6-13-10(14)7-11(2,15-13)9-3-4-9/h8-9H,3-7,12H2,1-2H3. The summed E-state index contributed by atoms with van der Waals surface area (Å²) in [7, 11) is 0. The van der Waals surface area contributed by atoms with Crippen molar-refractivity contribution in [1.82, 2.24) is 5.06 Å². The Balaban J connectivity index is 1.89. The first-order valence-electron chi connectivity index (χ1n) is 5.76. The minimum Gasteiger partial charge on any atom is -0.328 e. The van der Waals surface area contributed by atoms with Crippen LogP contribution in [0.25, 0.3) is 0 Å². The Morgan fingerprint density at radius 1 is 1.67 bits per heavy atom. The molecule has 1 aliphatic carbocycles. The average molecular weight is 212 g/mol. The molecule has 1 aliphatic heterocycles. The second-order valence-corrected chi connectivity index (χ2v) is 5.12. The number of carbonyl (C=O) groups is 1. The SMILES string of the molecule is CC(N)CCN1OC(C)(C2CC2)CC1=O. The number of nitrogens with zero attached hydrogens (tertiary/aromatic N) is 1. The van der Waals surface area contributed by atoms with Gasteiger partial charge in [0.05, 0.1) is 13.0 Å². The number of hydrogen-bond acceptors (Lipinski definition) is 3. The minimum absolute atomic E-state index is 0.116. The number of nitrogens with two attached hydrogens (primary N) is 1. The number of carbonyl (C=O) groups excluding carboxylic acids is 1. The van der Waals surface area contributed by atoms with Crippen LogP contribution >= 0.6 is 0 Å². The second kappa shape index (κ2) is 3.76. The van der Waals surface area contributed by atoms with Crippen molar-refractivity contribution in [1.29, 1.82) is 0 Å². The molecule has 2 fully saturated rings. The van der Waals surface area contributed by atoms with Crippen molar-refractivity contribution in [3.63, 3.8) is 0 Å². The Morgan fingerprint density at radius 2 is 2.33 bits per heavy atom. The van der Waals surface area contributed by atoms with Crippen molar-refractivity contribution in [3.8, 4) is 0 Å². The van der Waals surface area contributed by atoms with Gasteiger partial charge >= 0.3 is 0 Å². The van der Waals surface area contributed by atoms with Gasteiger partial charge in [-0.15, -0.1) is 0 Å². The van der Waals surface area contributed by atoms with E-state index >= 15 is 0 Å². The van der Waals surface area contributed by atoms with E-state index in [1.54, 1.807) is 0 Å². The molecule has 86 valence electrons. The predicted molar refractivity (Wildman–Crippen MR) is 56.8 cm³/mol. The van der Waals surface area contributed by atoms with Crippen molar-refractivity contribution < 1.29 is 9.63 Å². The Morgan fingerprint density at radius 3 is 2.87 bits per heavy atom. The number of amides is 1. The Hall–Kier alpha value is -0.610. The van der Waals surface area contributed by atoms with Gasteiger partial charge in [0.2, 0.25) is 5.91 Å². The summed E-state index contributed by atoms with van der Waals surface area (Å²) in [6.07, 6.45) is 3.74. The highest BCUT2D eigenvalue weighted by Crippen LogP contribution is 2.47. The molecular formula is C11H20N2O2. The number of rotatable bonds is 4. The van der Waals surface area contributed by atoms with Crippen LogP contribution in [0.3, 0.4) is 0 Å². The molecule has 4 heteroatoms. The molecule has 1 saturated carbocycles. The lowest BCUT2D eigenvalue weighted by atomic mass is 9.97. The maximum absolute atomic E-state index is 11.7. The topological polar surface area (TPSA) is 55.6 Å². The molecule has 2 N–H and O–H groups in total. The first-order valence-corrected chi connectivity index (χ1v) is 5.76. The van der Waals surface area contributed by atoms with Gasteiger partial charge in [-0.3, -0.25) is 9.63 Å². The Labute approximate surface area is 90.7 Å². The molecular weight excluding hydrogens is 192 g/mol. The molecule has 0 aromatic rings. The third-order valence-electron chi connectivity index (χ3n) is 3.33. The van der Waals surface area contributed by atoms with Gasteiger partial charge in [-0.1, -0.05) is 0 Å². The summed E-state index contributed by atoms with van der Waals surface area (Å²) < 4.78 is 0. The van der Waals surface area contributed by atoms with E-state index in [1.165, 1.54) is 17.9 Å². The molecule has 1 heterocycles. The van der Waals surface area contributed by atoms with Crippen molar-refractivity contribution in [3.05, 3.63) is 0 Å². The summed E-state index contributed by atoms with van der Waals surface area (Å²) in [4.78, 5) is 17.5. The normalized spacial score (nSPS) is 33.5. The largest absolute Gasteiger partial charge is 0.328 e. The molecule has 0 spiro atoms. The van der Waals surface area contributed by atoms with E-state index in [0.29, 0.717) is 18.9 Å². The van der Waals surface area contributed by atoms with Gasteiger partial charge in [0.15, 0.2) is 0 Å². The van der Waals surface area contributed by atoms with E-state index in [1.807, 2.05) is 6.92 Å². The molecule has 2 rings (SSSR count). The zero-order valence-corrected chi connectivity index (χ0v) is 9.53. The van der Waals surface area contributed by atoms with Gasteiger partial charge < -0.3 is 5.73 Å². The third-order valence-corrected chi connectivity index (χ3v) is 3.33. The van der Waals surface area contributed by atoms with E-state index in [0.717, 1.165) is 6.42 Å². The van der Waals surface area contributed by atoms with Gasteiger partial charge in [-0.2, -0.15) is 0 Å². The van der Waals surface area contributed by atoms with Crippen molar-refractivity contribution in [2.24, 2.45) is 11.7 Å². The summed E-state index contributed by atoms with van der Waals surface area (Å²) in [5.74, 6) is 0.701. The van der Waals surface area contributed by atoms with E-state index in [2.05, 4.69) is 6.92 Å². The summed E-state index contributed by atoms with van der Waals surface area (Å²) >= 11 is 0. The van der Waals surface area contributed by atoms with Crippen molar-refractivity contribution in [2.45, 2.75) is 51.2 Å². The molecule has 2 aliphatic rings. The lowest BCUT2D eigenvalue weighted by molar-refractivity contribution is -0.200. The van der Waals surface area contributed by atoms with Crippen LogP contribution in [0.4, 0.5) is 0 Å². The van der Waals surface area contributed by atoms with Crippen molar-refractivity contribution >= 4 is 5.91 Å². The molecule has 1 amide bonds. The fourth-order valence-corrected chi connectivity index (χ4v) is 2.13. The Bertz CT molecular complexity index is 263. The van der Waals surface area contributed by atoms with Gasteiger partial charge in [0.25, 0.3) is 0 Å². The molecule has 2 atom stereocenters. The van der Waals surface area contributed by atoms with Crippen LogP contribution in [-0.2, 0) is 9.63 Å². The van der Waals surface area contributed by atoms with E-state index in [4.69, 9.17) is 10.6 Å². The molecule has 4 nitrogen and oxygen atoms in total. The van der Waals surface area contributed by atoms with E-state index in [-0.39, 0.29) is 17.6 Å². The van der Waals surface area contributed by atoms with Crippen LogP contribution in [0.5, 0.6) is 0 Å². The zero-order chi connectivity index (χ0) is 11.1. The summed E-state index contributed by atoms with van der Waals surface area (Å²) in [5, 5.41) is 1.52. The first kappa shape index (κ1) is 10.9. The lowest BCUT2D eigenvalue weighted by Gasteiger charge is -2.24. The third kappa shape index (κ3) is 2.32. The first-order chi connectivity index (χ1) is 7.01. The Kier molecular flexibility index (Phi) is 2.73. The molecule has 0 aromatic carbocycles. The summed E-state index contributed by atoms with van der Waals surface area (Å²) in [6, 6.07) is 0.120. The van der Waals surface area contributed by atoms with Gasteiger partial charge in [-0.05, 0) is 39.0 Å². The van der Waals surface area contributed by atoms with Crippen LogP contribution in [0.1, 0.15) is 39.5 Å². The van der Waals surface area contributed by atoms with Crippen LogP contribution in [-0.4, -0.2) is 29.2 Å². The second-order valence-electron chi connectivity index (χ2n) is 5.12. The van der Waals surface area contributed by atoms with Crippen LogP contribution in [0, 0.1) is 5.92 Å². The number of hydroxylamine groups is 2. The quantitative estimate of drug-likeness (QED) is 0.758. The fourth-order valence-electron chi connectivity index (χ4n) is 2.13. The molecule has 0 bridgehead atoms. The monoisotopic (exact) mass is 212 g/mol. The number of hydrogen-bond donors (Lipinski definition) is 1. The zero-order valence-electron chi connectivity index (χ0n) is 9.53. The van der Waals surface area contributed by atoms with Crippen LogP contribution in [0.2, 0.25) is 0 Å². The molecule has 15 heavy (non-hydrogen) atoms. The van der Waals surface area contributed by atoms with Crippen LogP contribution in [0.15, 0.2) is 0 Å². The fraction of sp³-hybridized carbons (Fsp3) is 0.909. The van der Waals surface area contributed by atoms with E-state index < -0.39 is 0 Å². The highest BCUT2D eigenvalue weighted by atomic mass is 16.7. The maximum Gasteiger partial charge on any atom is 0.249 e. The van der Waals surface area contributed by atoms with Gasteiger partial charge in [-0.25, -0.2) is 5.06 Å². The van der Waals surface area contributed by atoms with Crippen molar-refractivity contribution in [2.75, 3.05) is 6.54 Å². The summed E-state index contributed by atoms with van der Waals surface area (Å²) in [6.45, 7) is 4.62. The summed E-state index contributed by atoms with van der Waals surface area (Å²) in [5.41, 5.74) is 5.43. The average Bonchev–Trinajstić information content (AvgIpc) is 2.91. The van der Waals surface area contributed by atoms with Gasteiger partial charge in [0.1, 0.15) is 5.60 Å². The predicted octanol–water partition coefficient (Wildman–Crippen LogP) is 1.06. The molecule has 1 saturated heterocycles. The molecule has 0 radical (unpaired) electrons.